The number of alkyl halides is 1. The molecule has 0 radical (unpaired) electrons. The number of nitrogens with one attached hydrogen (secondary N) is 1. The van der Waals surface area contributed by atoms with Crippen LogP contribution in [0.4, 0.5) is 0 Å². The van der Waals surface area contributed by atoms with Crippen molar-refractivity contribution in [3.8, 4) is 0 Å². The van der Waals surface area contributed by atoms with Crippen LogP contribution in [0, 0.1) is 5.92 Å². The quantitative estimate of drug-likeness (QED) is 0.675. The van der Waals surface area contributed by atoms with E-state index in [2.05, 4.69) is 46.9 Å². The molecule has 2 rings (SSSR count). The van der Waals surface area contributed by atoms with E-state index in [1.807, 2.05) is 24.4 Å². The van der Waals surface area contributed by atoms with Gasteiger partial charge in [-0.25, -0.2) is 4.52 Å². The molecule has 0 aromatic carbocycles. The largest absolute Gasteiger partial charge is 0.348 e. The molecule has 0 aliphatic rings. The number of nitrogens with zero attached hydrogens (tertiary/aromatic N) is 2. The Morgan fingerprint density at radius 3 is 2.94 bits per heavy atom. The number of rotatable bonds is 4. The summed E-state index contributed by atoms with van der Waals surface area (Å²) in [5, 5.41) is 7.23. The average Bonchev–Trinajstić information content (AvgIpc) is 2.79. The molecule has 4 nitrogen and oxygen atoms in total. The molecule has 1 unspecified atom stereocenters. The Kier molecular flexibility index (Phi) is 4.21. The van der Waals surface area contributed by atoms with Gasteiger partial charge in [-0.05, 0) is 18.1 Å². The highest BCUT2D eigenvalue weighted by molar-refractivity contribution is 14.1. The molecule has 96 valence electrons. The number of halogens is 1. The van der Waals surface area contributed by atoms with Crippen LogP contribution >= 0.6 is 22.6 Å². The van der Waals surface area contributed by atoms with Gasteiger partial charge in [-0.3, -0.25) is 4.79 Å². The molecule has 0 spiro atoms. The fraction of sp³-hybridized carbons (Fsp3) is 0.385. The van der Waals surface area contributed by atoms with Crippen LogP contribution in [0.2, 0.25) is 0 Å². The van der Waals surface area contributed by atoms with Gasteiger partial charge >= 0.3 is 0 Å². The van der Waals surface area contributed by atoms with E-state index in [0.717, 1.165) is 9.94 Å². The van der Waals surface area contributed by atoms with E-state index < -0.39 is 0 Å². The first kappa shape index (κ1) is 13.3. The van der Waals surface area contributed by atoms with E-state index in [0.29, 0.717) is 11.5 Å². The molecule has 5 heteroatoms. The third kappa shape index (κ3) is 2.66. The minimum absolute atomic E-state index is 0.0495. The molecule has 0 fully saturated rings. The van der Waals surface area contributed by atoms with E-state index in [4.69, 9.17) is 0 Å². The molecule has 0 saturated carbocycles. The third-order valence-electron chi connectivity index (χ3n) is 2.96. The summed E-state index contributed by atoms with van der Waals surface area (Å²) in [5.74, 6) is 0.374. The zero-order valence-corrected chi connectivity index (χ0v) is 12.6. The minimum atomic E-state index is -0.0495. The summed E-state index contributed by atoms with van der Waals surface area (Å²) in [6.07, 6.45) is 3.46. The Morgan fingerprint density at radius 2 is 2.28 bits per heavy atom. The Bertz CT molecular complexity index is 550. The van der Waals surface area contributed by atoms with Crippen molar-refractivity contribution in [2.45, 2.75) is 19.9 Å². The molecule has 1 N–H and O–H groups in total. The lowest BCUT2D eigenvalue weighted by Gasteiger charge is -2.19. The van der Waals surface area contributed by atoms with Gasteiger partial charge in [0, 0.05) is 16.7 Å². The zero-order chi connectivity index (χ0) is 13.1. The van der Waals surface area contributed by atoms with E-state index in [1.165, 1.54) is 0 Å². The van der Waals surface area contributed by atoms with Crippen molar-refractivity contribution in [2.75, 3.05) is 4.43 Å². The first-order valence-electron chi connectivity index (χ1n) is 5.92. The van der Waals surface area contributed by atoms with Gasteiger partial charge in [0.15, 0.2) is 0 Å². The van der Waals surface area contributed by atoms with Crippen LogP contribution in [0.15, 0.2) is 30.6 Å². The lowest BCUT2D eigenvalue weighted by molar-refractivity contribution is 0.0934. The number of hydrogen-bond donors (Lipinski definition) is 1. The molecule has 2 heterocycles. The van der Waals surface area contributed by atoms with Gasteiger partial charge in [-0.1, -0.05) is 42.5 Å². The van der Waals surface area contributed by atoms with Crippen molar-refractivity contribution >= 4 is 34.0 Å². The third-order valence-corrected chi connectivity index (χ3v) is 3.91. The Hall–Kier alpha value is -1.11. The topological polar surface area (TPSA) is 46.4 Å². The average molecular weight is 357 g/mol. The standard InChI is InChI=1S/C13H16IN3O/c1-9(2)11(7-14)16-13(18)10-8-15-17-6-4-3-5-12(10)17/h3-6,8-9,11H,7H2,1-2H3,(H,16,18). The predicted octanol–water partition coefficient (Wildman–Crippen LogP) is 2.52. The molecular formula is C13H16IN3O. The highest BCUT2D eigenvalue weighted by Crippen LogP contribution is 2.12. The molecule has 0 aliphatic heterocycles. The normalized spacial score (nSPS) is 12.9. The maximum absolute atomic E-state index is 12.2. The Morgan fingerprint density at radius 1 is 1.50 bits per heavy atom. The van der Waals surface area contributed by atoms with Gasteiger partial charge in [0.25, 0.3) is 5.91 Å². The van der Waals surface area contributed by atoms with Crippen molar-refractivity contribution in [3.05, 3.63) is 36.2 Å². The lowest BCUT2D eigenvalue weighted by atomic mass is 10.1. The fourth-order valence-electron chi connectivity index (χ4n) is 1.74. The fourth-order valence-corrected chi connectivity index (χ4v) is 2.98. The zero-order valence-electron chi connectivity index (χ0n) is 10.4. The Balaban J connectivity index is 2.23. The maximum atomic E-state index is 12.2. The van der Waals surface area contributed by atoms with Gasteiger partial charge in [-0.2, -0.15) is 5.10 Å². The molecule has 0 bridgehead atoms. The summed E-state index contributed by atoms with van der Waals surface area (Å²) in [5.41, 5.74) is 1.47. The molecule has 0 aliphatic carbocycles. The van der Waals surface area contributed by atoms with Crippen molar-refractivity contribution < 1.29 is 4.79 Å². The first-order chi connectivity index (χ1) is 8.63. The second-order valence-corrected chi connectivity index (χ2v) is 5.45. The lowest BCUT2D eigenvalue weighted by Crippen LogP contribution is -2.39. The second-order valence-electron chi connectivity index (χ2n) is 4.57. The second kappa shape index (κ2) is 5.69. The summed E-state index contributed by atoms with van der Waals surface area (Å²) < 4.78 is 2.61. The number of amides is 1. The van der Waals surface area contributed by atoms with Crippen LogP contribution in [0.5, 0.6) is 0 Å². The van der Waals surface area contributed by atoms with Gasteiger partial charge in [0.1, 0.15) is 0 Å². The molecule has 1 atom stereocenters. The molecule has 2 aromatic rings. The number of carbonyl (C=O) groups is 1. The summed E-state index contributed by atoms with van der Waals surface area (Å²) in [6, 6.07) is 5.89. The molecule has 18 heavy (non-hydrogen) atoms. The van der Waals surface area contributed by atoms with E-state index in [1.54, 1.807) is 10.7 Å². The van der Waals surface area contributed by atoms with E-state index in [9.17, 15) is 4.79 Å². The van der Waals surface area contributed by atoms with Crippen LogP contribution in [-0.4, -0.2) is 26.0 Å². The molecular weight excluding hydrogens is 341 g/mol. The number of aromatic nitrogens is 2. The van der Waals surface area contributed by atoms with Crippen molar-refractivity contribution in [1.29, 1.82) is 0 Å². The smallest absolute Gasteiger partial charge is 0.255 e. The molecule has 2 aromatic heterocycles. The number of hydrogen-bond acceptors (Lipinski definition) is 2. The van der Waals surface area contributed by atoms with Crippen molar-refractivity contribution in [2.24, 2.45) is 5.92 Å². The number of carbonyl (C=O) groups excluding carboxylic acids is 1. The summed E-state index contributed by atoms with van der Waals surface area (Å²) >= 11 is 2.30. The van der Waals surface area contributed by atoms with Crippen LogP contribution in [0.25, 0.3) is 5.52 Å². The van der Waals surface area contributed by atoms with Crippen LogP contribution < -0.4 is 5.32 Å². The van der Waals surface area contributed by atoms with Gasteiger partial charge in [0.05, 0.1) is 17.3 Å². The molecule has 0 saturated heterocycles. The van der Waals surface area contributed by atoms with E-state index in [-0.39, 0.29) is 11.9 Å². The van der Waals surface area contributed by atoms with Crippen LogP contribution in [0.3, 0.4) is 0 Å². The van der Waals surface area contributed by atoms with Gasteiger partial charge in [0.2, 0.25) is 0 Å². The van der Waals surface area contributed by atoms with Crippen molar-refractivity contribution in [1.82, 2.24) is 14.9 Å². The van der Waals surface area contributed by atoms with Gasteiger partial charge < -0.3 is 5.32 Å². The molecule has 1 amide bonds. The predicted molar refractivity (Wildman–Crippen MR) is 80.2 cm³/mol. The maximum Gasteiger partial charge on any atom is 0.255 e. The highest BCUT2D eigenvalue weighted by atomic mass is 127. The first-order valence-corrected chi connectivity index (χ1v) is 7.45. The van der Waals surface area contributed by atoms with Crippen LogP contribution in [0.1, 0.15) is 24.2 Å². The minimum Gasteiger partial charge on any atom is -0.348 e. The van der Waals surface area contributed by atoms with Gasteiger partial charge in [-0.15, -0.1) is 0 Å². The number of pyridine rings is 1. The Labute approximate surface area is 120 Å². The summed E-state index contributed by atoms with van der Waals surface area (Å²) in [7, 11) is 0. The highest BCUT2D eigenvalue weighted by Gasteiger charge is 2.18. The summed E-state index contributed by atoms with van der Waals surface area (Å²) in [4.78, 5) is 12.2. The van der Waals surface area contributed by atoms with Crippen molar-refractivity contribution in [3.63, 3.8) is 0 Å². The van der Waals surface area contributed by atoms with E-state index >= 15 is 0 Å². The van der Waals surface area contributed by atoms with Crippen LogP contribution in [-0.2, 0) is 0 Å². The monoisotopic (exact) mass is 357 g/mol. The number of fused-ring (bicyclic) bond motifs is 1. The SMILES string of the molecule is CC(C)C(CI)NC(=O)c1cnn2ccccc12. The summed E-state index contributed by atoms with van der Waals surface area (Å²) in [6.45, 7) is 4.22.